The number of rotatable bonds is 2. The zero-order valence-electron chi connectivity index (χ0n) is 9.24. The van der Waals surface area contributed by atoms with E-state index >= 15 is 0 Å². The second-order valence-corrected chi connectivity index (χ2v) is 4.78. The molecule has 2 aromatic carbocycles. The van der Waals surface area contributed by atoms with Crippen LogP contribution in [0.25, 0.3) is 11.1 Å². The monoisotopic (exact) mass is 286 g/mol. The highest BCUT2D eigenvalue weighted by Crippen LogP contribution is 2.38. The van der Waals surface area contributed by atoms with Crippen LogP contribution in [0.1, 0.15) is 21.5 Å². The Morgan fingerprint density at radius 2 is 1.82 bits per heavy atom. The predicted octanol–water partition coefficient (Wildman–Crippen LogP) is 3.84. The number of benzene rings is 2. The van der Waals surface area contributed by atoms with Crippen LogP contribution in [0.2, 0.25) is 0 Å². The fraction of sp³-hybridized carbons (Fsp3) is 0.133. The Labute approximate surface area is 109 Å². The average molecular weight is 287 g/mol. The van der Waals surface area contributed by atoms with Crippen molar-refractivity contribution in [2.75, 3.05) is 5.33 Å². The van der Waals surface area contributed by atoms with Gasteiger partial charge in [-0.3, -0.25) is 4.79 Å². The molecule has 2 aromatic rings. The summed E-state index contributed by atoms with van der Waals surface area (Å²) in [5.41, 5.74) is 5.84. The molecule has 0 unspecified atom stereocenters. The van der Waals surface area contributed by atoms with Gasteiger partial charge in [0.05, 0.1) is 5.33 Å². The van der Waals surface area contributed by atoms with Crippen LogP contribution in [0.5, 0.6) is 0 Å². The summed E-state index contributed by atoms with van der Waals surface area (Å²) in [7, 11) is 0. The first-order valence-corrected chi connectivity index (χ1v) is 6.72. The lowest BCUT2D eigenvalue weighted by Gasteiger charge is -2.05. The smallest absolute Gasteiger partial charge is 0.173 e. The molecule has 0 spiro atoms. The summed E-state index contributed by atoms with van der Waals surface area (Å²) in [6.45, 7) is 0. The van der Waals surface area contributed by atoms with Gasteiger partial charge >= 0.3 is 0 Å². The summed E-state index contributed by atoms with van der Waals surface area (Å²) in [5, 5.41) is 0.389. The van der Waals surface area contributed by atoms with Crippen molar-refractivity contribution in [2.24, 2.45) is 0 Å². The van der Waals surface area contributed by atoms with Crippen LogP contribution in [0.3, 0.4) is 0 Å². The van der Waals surface area contributed by atoms with Crippen molar-refractivity contribution in [2.45, 2.75) is 6.42 Å². The van der Waals surface area contributed by atoms with Crippen LogP contribution in [-0.4, -0.2) is 11.1 Å². The molecule has 1 aliphatic rings. The second kappa shape index (κ2) is 4.11. The SMILES string of the molecule is O=C(CBr)c1cccc2c1Cc1ccccc1-2. The summed E-state index contributed by atoms with van der Waals surface area (Å²) in [5.74, 6) is 0.162. The van der Waals surface area contributed by atoms with E-state index in [-0.39, 0.29) is 5.78 Å². The van der Waals surface area contributed by atoms with Gasteiger partial charge in [0.1, 0.15) is 0 Å². The Kier molecular flexibility index (Phi) is 2.60. The van der Waals surface area contributed by atoms with Crippen molar-refractivity contribution < 1.29 is 4.79 Å². The number of ketones is 1. The highest BCUT2D eigenvalue weighted by Gasteiger charge is 2.22. The van der Waals surface area contributed by atoms with Gasteiger partial charge in [-0.05, 0) is 28.7 Å². The van der Waals surface area contributed by atoms with Crippen molar-refractivity contribution in [1.82, 2.24) is 0 Å². The maximum atomic E-state index is 11.9. The lowest BCUT2D eigenvalue weighted by atomic mass is 9.99. The van der Waals surface area contributed by atoms with E-state index in [9.17, 15) is 4.79 Å². The van der Waals surface area contributed by atoms with Gasteiger partial charge in [-0.2, -0.15) is 0 Å². The van der Waals surface area contributed by atoms with Crippen LogP contribution >= 0.6 is 15.9 Å². The summed E-state index contributed by atoms with van der Waals surface area (Å²) < 4.78 is 0. The van der Waals surface area contributed by atoms with Crippen molar-refractivity contribution >= 4 is 21.7 Å². The summed E-state index contributed by atoms with van der Waals surface area (Å²) >= 11 is 3.25. The van der Waals surface area contributed by atoms with E-state index in [0.717, 1.165) is 12.0 Å². The van der Waals surface area contributed by atoms with E-state index < -0.39 is 0 Å². The number of alkyl halides is 1. The van der Waals surface area contributed by atoms with Gasteiger partial charge in [-0.15, -0.1) is 0 Å². The molecule has 17 heavy (non-hydrogen) atoms. The normalized spacial score (nSPS) is 12.1. The van der Waals surface area contributed by atoms with Gasteiger partial charge < -0.3 is 0 Å². The lowest BCUT2D eigenvalue weighted by molar-refractivity contribution is 0.102. The number of halogens is 1. The Hall–Kier alpha value is -1.41. The highest BCUT2D eigenvalue weighted by molar-refractivity contribution is 9.09. The quantitative estimate of drug-likeness (QED) is 0.517. The minimum absolute atomic E-state index is 0.162. The van der Waals surface area contributed by atoms with Gasteiger partial charge in [0.2, 0.25) is 0 Å². The van der Waals surface area contributed by atoms with Crippen LogP contribution in [0.15, 0.2) is 42.5 Å². The van der Waals surface area contributed by atoms with Gasteiger partial charge in [-0.1, -0.05) is 58.4 Å². The number of hydrogen-bond acceptors (Lipinski definition) is 1. The molecular weight excluding hydrogens is 276 g/mol. The molecule has 1 nitrogen and oxygen atoms in total. The average Bonchev–Trinajstić information content (AvgIpc) is 2.76. The van der Waals surface area contributed by atoms with Crippen LogP contribution in [-0.2, 0) is 6.42 Å². The minimum Gasteiger partial charge on any atom is -0.293 e. The molecule has 0 bridgehead atoms. The van der Waals surface area contributed by atoms with E-state index in [1.807, 2.05) is 18.2 Å². The molecule has 0 heterocycles. The molecule has 0 saturated carbocycles. The zero-order valence-corrected chi connectivity index (χ0v) is 10.8. The molecule has 3 rings (SSSR count). The molecule has 0 aromatic heterocycles. The minimum atomic E-state index is 0.162. The fourth-order valence-electron chi connectivity index (χ4n) is 2.49. The van der Waals surface area contributed by atoms with E-state index in [1.54, 1.807) is 0 Å². The van der Waals surface area contributed by atoms with Crippen LogP contribution in [0, 0.1) is 0 Å². The van der Waals surface area contributed by atoms with Crippen LogP contribution in [0.4, 0.5) is 0 Å². The molecule has 84 valence electrons. The maximum absolute atomic E-state index is 11.9. The Morgan fingerprint density at radius 3 is 2.65 bits per heavy atom. The topological polar surface area (TPSA) is 17.1 Å². The van der Waals surface area contributed by atoms with Gasteiger partial charge in [0.25, 0.3) is 0 Å². The molecule has 0 radical (unpaired) electrons. The second-order valence-electron chi connectivity index (χ2n) is 4.22. The van der Waals surface area contributed by atoms with E-state index in [0.29, 0.717) is 5.33 Å². The van der Waals surface area contributed by atoms with E-state index in [2.05, 4.69) is 40.2 Å². The van der Waals surface area contributed by atoms with Crippen LogP contribution < -0.4 is 0 Å². The number of Topliss-reactive ketones (excluding diaryl/α,β-unsaturated/α-hetero) is 1. The van der Waals surface area contributed by atoms with E-state index in [4.69, 9.17) is 0 Å². The summed E-state index contributed by atoms with van der Waals surface area (Å²) in [4.78, 5) is 11.9. The summed E-state index contributed by atoms with van der Waals surface area (Å²) in [6.07, 6.45) is 0.875. The van der Waals surface area contributed by atoms with Crippen molar-refractivity contribution in [3.63, 3.8) is 0 Å². The Bertz CT molecular complexity index is 602. The van der Waals surface area contributed by atoms with Crippen molar-refractivity contribution in [3.05, 3.63) is 59.2 Å². The molecule has 0 saturated heterocycles. The van der Waals surface area contributed by atoms with Crippen molar-refractivity contribution in [1.29, 1.82) is 0 Å². The number of fused-ring (bicyclic) bond motifs is 3. The largest absolute Gasteiger partial charge is 0.293 e. The van der Waals surface area contributed by atoms with Gasteiger partial charge in [0, 0.05) is 5.56 Å². The Morgan fingerprint density at radius 1 is 1.06 bits per heavy atom. The third kappa shape index (κ3) is 1.64. The highest BCUT2D eigenvalue weighted by atomic mass is 79.9. The molecular formula is C15H11BrO. The predicted molar refractivity (Wildman–Crippen MR) is 72.8 cm³/mol. The standard InChI is InChI=1S/C15H11BrO/c16-9-15(17)13-7-3-6-12-11-5-2-1-4-10(11)8-14(12)13/h1-7H,8-9H2. The zero-order chi connectivity index (χ0) is 11.8. The summed E-state index contributed by atoms with van der Waals surface area (Å²) in [6, 6.07) is 14.4. The molecule has 0 amide bonds. The third-order valence-corrected chi connectivity index (χ3v) is 3.78. The number of hydrogen-bond donors (Lipinski definition) is 0. The number of carbonyl (C=O) groups excluding carboxylic acids is 1. The molecule has 2 heteroatoms. The first kappa shape index (κ1) is 10.7. The first-order valence-electron chi connectivity index (χ1n) is 5.60. The van der Waals surface area contributed by atoms with Gasteiger partial charge in [-0.25, -0.2) is 0 Å². The molecule has 0 fully saturated rings. The molecule has 0 aliphatic heterocycles. The molecule has 1 aliphatic carbocycles. The first-order chi connectivity index (χ1) is 8.31. The Balaban J connectivity index is 2.20. The molecule has 0 atom stereocenters. The van der Waals surface area contributed by atoms with Crippen molar-refractivity contribution in [3.8, 4) is 11.1 Å². The maximum Gasteiger partial charge on any atom is 0.173 e. The molecule has 0 N–H and O–H groups in total. The third-order valence-electron chi connectivity index (χ3n) is 3.27. The lowest BCUT2D eigenvalue weighted by Crippen LogP contribution is -2.04. The fourth-order valence-corrected chi connectivity index (χ4v) is 2.79. The number of carbonyl (C=O) groups is 1. The van der Waals surface area contributed by atoms with Gasteiger partial charge in [0.15, 0.2) is 5.78 Å². The van der Waals surface area contributed by atoms with E-state index in [1.165, 1.54) is 22.3 Å².